The lowest BCUT2D eigenvalue weighted by molar-refractivity contribution is 0.101. The number of carbonyl (C=O) groups excluding carboxylic acids is 1. The van der Waals surface area contributed by atoms with Crippen LogP contribution in [0.15, 0.2) is 16.6 Å². The topological polar surface area (TPSA) is 40.9 Å². The van der Waals surface area contributed by atoms with Crippen LogP contribution in [0.25, 0.3) is 0 Å². The van der Waals surface area contributed by atoms with Gasteiger partial charge in [0.1, 0.15) is 0 Å². The van der Waals surface area contributed by atoms with Crippen molar-refractivity contribution in [2.75, 3.05) is 0 Å². The highest BCUT2D eigenvalue weighted by Crippen LogP contribution is 2.32. The van der Waals surface area contributed by atoms with Gasteiger partial charge in [-0.2, -0.15) is 5.26 Å². The third-order valence-electron chi connectivity index (χ3n) is 1.88. The Bertz CT molecular complexity index is 451. The lowest BCUT2D eigenvalue weighted by Gasteiger charge is -2.08. The summed E-state index contributed by atoms with van der Waals surface area (Å²) in [6, 6.07) is 4.15. The molecular weight excluding hydrogens is 268 g/mol. The molecule has 15 heavy (non-hydrogen) atoms. The van der Waals surface area contributed by atoms with Crippen LogP contribution < -0.4 is 0 Å². The number of alkyl halides is 2. The highest BCUT2D eigenvalue weighted by molar-refractivity contribution is 9.10. The number of nitriles is 1. The van der Waals surface area contributed by atoms with Gasteiger partial charge < -0.3 is 0 Å². The second kappa shape index (κ2) is 4.49. The van der Waals surface area contributed by atoms with Crippen LogP contribution in [0, 0.1) is 11.3 Å². The molecule has 5 heteroatoms. The highest BCUT2D eigenvalue weighted by atomic mass is 79.9. The molecule has 0 amide bonds. The van der Waals surface area contributed by atoms with Gasteiger partial charge in [0.15, 0.2) is 5.78 Å². The van der Waals surface area contributed by atoms with Gasteiger partial charge >= 0.3 is 0 Å². The first-order valence-corrected chi connectivity index (χ1v) is 4.80. The van der Waals surface area contributed by atoms with E-state index in [1.165, 1.54) is 13.0 Å². The van der Waals surface area contributed by atoms with E-state index in [-0.39, 0.29) is 21.2 Å². The number of halogens is 3. The molecule has 0 bridgehead atoms. The van der Waals surface area contributed by atoms with Crippen LogP contribution in [-0.2, 0) is 0 Å². The van der Waals surface area contributed by atoms with E-state index in [2.05, 4.69) is 15.9 Å². The predicted molar refractivity (Wildman–Crippen MR) is 53.8 cm³/mol. The molecule has 0 aliphatic rings. The molecule has 1 aromatic carbocycles. The summed E-state index contributed by atoms with van der Waals surface area (Å²) in [5, 5.41) is 8.71. The number of Topliss-reactive ketones (excluding diaryl/α,β-unsaturated/α-hetero) is 1. The maximum Gasteiger partial charge on any atom is 0.264 e. The van der Waals surface area contributed by atoms with Gasteiger partial charge in [-0.25, -0.2) is 8.78 Å². The minimum Gasteiger partial charge on any atom is -0.294 e. The number of benzene rings is 1. The van der Waals surface area contributed by atoms with Crippen molar-refractivity contribution in [1.29, 1.82) is 5.26 Å². The summed E-state index contributed by atoms with van der Waals surface area (Å²) in [7, 11) is 0. The van der Waals surface area contributed by atoms with Crippen LogP contribution in [0.3, 0.4) is 0 Å². The first-order chi connectivity index (χ1) is 6.99. The average molecular weight is 274 g/mol. The second-order valence-corrected chi connectivity index (χ2v) is 3.65. The molecule has 0 aromatic heterocycles. The molecule has 0 spiro atoms. The van der Waals surface area contributed by atoms with E-state index in [9.17, 15) is 13.6 Å². The highest BCUT2D eigenvalue weighted by Gasteiger charge is 2.19. The Balaban J connectivity index is 3.51. The van der Waals surface area contributed by atoms with Gasteiger partial charge in [-0.3, -0.25) is 4.79 Å². The zero-order valence-electron chi connectivity index (χ0n) is 7.72. The first-order valence-electron chi connectivity index (χ1n) is 4.00. The van der Waals surface area contributed by atoms with Crippen LogP contribution in [0.2, 0.25) is 0 Å². The zero-order chi connectivity index (χ0) is 11.6. The Morgan fingerprint density at radius 3 is 2.53 bits per heavy atom. The third-order valence-corrected chi connectivity index (χ3v) is 2.73. The number of carbonyl (C=O) groups is 1. The number of ketones is 1. The molecule has 0 heterocycles. The van der Waals surface area contributed by atoms with Crippen LogP contribution >= 0.6 is 15.9 Å². The Morgan fingerprint density at radius 2 is 2.13 bits per heavy atom. The summed E-state index contributed by atoms with van der Waals surface area (Å²) < 4.78 is 25.0. The molecule has 2 nitrogen and oxygen atoms in total. The molecule has 0 fully saturated rings. The van der Waals surface area contributed by atoms with Crippen molar-refractivity contribution in [1.82, 2.24) is 0 Å². The van der Waals surface area contributed by atoms with Crippen molar-refractivity contribution in [3.05, 3.63) is 33.3 Å². The summed E-state index contributed by atoms with van der Waals surface area (Å²) in [6.45, 7) is 1.23. The summed E-state index contributed by atoms with van der Waals surface area (Å²) in [5.41, 5.74) is -0.173. The van der Waals surface area contributed by atoms with Crippen molar-refractivity contribution in [3.63, 3.8) is 0 Å². The normalized spacial score (nSPS) is 10.1. The molecule has 0 unspecified atom stereocenters. The second-order valence-electron chi connectivity index (χ2n) is 2.86. The monoisotopic (exact) mass is 273 g/mol. The van der Waals surface area contributed by atoms with E-state index >= 15 is 0 Å². The molecule has 1 aromatic rings. The van der Waals surface area contributed by atoms with Crippen molar-refractivity contribution in [2.45, 2.75) is 13.3 Å². The Morgan fingerprint density at radius 1 is 1.53 bits per heavy atom. The van der Waals surface area contributed by atoms with Crippen molar-refractivity contribution >= 4 is 21.7 Å². The molecule has 0 radical (unpaired) electrons. The molecule has 0 aliphatic heterocycles. The minimum absolute atomic E-state index is 0.00375. The lowest BCUT2D eigenvalue weighted by atomic mass is 10.0. The van der Waals surface area contributed by atoms with E-state index in [0.29, 0.717) is 0 Å². The van der Waals surface area contributed by atoms with E-state index in [1.807, 2.05) is 0 Å². The molecule has 0 saturated heterocycles. The van der Waals surface area contributed by atoms with E-state index in [0.717, 1.165) is 6.07 Å². The van der Waals surface area contributed by atoms with Gasteiger partial charge in [0.25, 0.3) is 6.43 Å². The maximum absolute atomic E-state index is 12.5. The van der Waals surface area contributed by atoms with E-state index in [4.69, 9.17) is 5.26 Å². The molecule has 1 rings (SSSR count). The summed E-state index contributed by atoms with van der Waals surface area (Å²) in [4.78, 5) is 11.2. The molecule has 0 saturated carbocycles. The fraction of sp³-hybridized carbons (Fsp3) is 0.200. The van der Waals surface area contributed by atoms with Gasteiger partial charge in [0.2, 0.25) is 0 Å². The number of hydrogen-bond donors (Lipinski definition) is 0. The van der Waals surface area contributed by atoms with Gasteiger partial charge in [-0.05, 0) is 28.9 Å². The van der Waals surface area contributed by atoms with Gasteiger partial charge in [0.05, 0.1) is 11.6 Å². The molecular formula is C10H6BrF2NO. The quantitative estimate of drug-likeness (QED) is 0.775. The fourth-order valence-corrected chi connectivity index (χ4v) is 2.00. The largest absolute Gasteiger partial charge is 0.294 e. The van der Waals surface area contributed by atoms with Crippen LogP contribution in [0.4, 0.5) is 8.78 Å². The summed E-state index contributed by atoms with van der Waals surface area (Å²) in [6.07, 6.45) is -2.68. The standard InChI is InChI=1S/C10H6BrF2NO/c1-5(15)8-6(4-14)2-3-7(9(8)11)10(12)13/h2-3,10H,1H3. The van der Waals surface area contributed by atoms with E-state index < -0.39 is 12.2 Å². The lowest BCUT2D eigenvalue weighted by Crippen LogP contribution is -2.01. The van der Waals surface area contributed by atoms with Crippen LogP contribution in [-0.4, -0.2) is 5.78 Å². The molecule has 0 aliphatic carbocycles. The summed E-state index contributed by atoms with van der Waals surface area (Å²) >= 11 is 2.92. The zero-order valence-corrected chi connectivity index (χ0v) is 9.31. The van der Waals surface area contributed by atoms with Crippen molar-refractivity contribution < 1.29 is 13.6 Å². The average Bonchev–Trinajstić information content (AvgIpc) is 2.15. The molecule has 78 valence electrons. The van der Waals surface area contributed by atoms with Crippen molar-refractivity contribution in [3.8, 4) is 6.07 Å². The van der Waals surface area contributed by atoms with Crippen molar-refractivity contribution in [2.24, 2.45) is 0 Å². The smallest absolute Gasteiger partial charge is 0.264 e. The number of hydrogen-bond acceptors (Lipinski definition) is 2. The number of rotatable bonds is 2. The van der Waals surface area contributed by atoms with Gasteiger partial charge in [0, 0.05) is 15.6 Å². The Hall–Kier alpha value is -1.28. The maximum atomic E-state index is 12.5. The van der Waals surface area contributed by atoms with Gasteiger partial charge in [-0.1, -0.05) is 6.07 Å². The van der Waals surface area contributed by atoms with E-state index in [1.54, 1.807) is 6.07 Å². The first kappa shape index (κ1) is 11.8. The SMILES string of the molecule is CC(=O)c1c(C#N)ccc(C(F)F)c1Br. The third kappa shape index (κ3) is 2.21. The predicted octanol–water partition coefficient (Wildman–Crippen LogP) is 3.46. The molecule has 0 atom stereocenters. The Labute approximate surface area is 93.6 Å². The molecule has 0 N–H and O–H groups in total. The number of nitrogens with zero attached hydrogens (tertiary/aromatic N) is 1. The van der Waals surface area contributed by atoms with Crippen LogP contribution in [0.5, 0.6) is 0 Å². The minimum atomic E-state index is -2.68. The fourth-order valence-electron chi connectivity index (χ4n) is 1.20. The Kier molecular flexibility index (Phi) is 3.53. The van der Waals surface area contributed by atoms with Crippen LogP contribution in [0.1, 0.15) is 34.8 Å². The van der Waals surface area contributed by atoms with Gasteiger partial charge in [-0.15, -0.1) is 0 Å². The summed E-state index contributed by atoms with van der Waals surface area (Å²) in [5.74, 6) is -0.416.